The van der Waals surface area contributed by atoms with E-state index in [0.29, 0.717) is 25.2 Å². The molecule has 0 radical (unpaired) electrons. The van der Waals surface area contributed by atoms with Crippen LogP contribution in [0.2, 0.25) is 0 Å². The lowest BCUT2D eigenvalue weighted by Crippen LogP contribution is -2.40. The minimum Gasteiger partial charge on any atom is -0.392 e. The second-order valence-corrected chi connectivity index (χ2v) is 7.05. The summed E-state index contributed by atoms with van der Waals surface area (Å²) in [5, 5.41) is 20.2. The lowest BCUT2D eigenvalue weighted by Gasteiger charge is -2.24. The third-order valence-corrected chi connectivity index (χ3v) is 5.25. The summed E-state index contributed by atoms with van der Waals surface area (Å²) in [6.45, 7) is 1.97. The van der Waals surface area contributed by atoms with E-state index in [9.17, 15) is 9.90 Å². The molecule has 1 aliphatic carbocycles. The summed E-state index contributed by atoms with van der Waals surface area (Å²) in [6, 6.07) is 10.4. The van der Waals surface area contributed by atoms with E-state index < -0.39 is 0 Å². The molecule has 6 heteroatoms. The second kappa shape index (κ2) is 6.98. The Bertz CT molecular complexity index is 743. The zero-order valence-electron chi connectivity index (χ0n) is 14.2. The Balaban J connectivity index is 1.38. The van der Waals surface area contributed by atoms with Gasteiger partial charge in [-0.1, -0.05) is 30.3 Å². The van der Waals surface area contributed by atoms with Gasteiger partial charge in [-0.25, -0.2) is 0 Å². The zero-order valence-corrected chi connectivity index (χ0v) is 14.2. The number of carbonyl (C=O) groups is 1. The average molecular weight is 340 g/mol. The van der Waals surface area contributed by atoms with Gasteiger partial charge in [-0.3, -0.25) is 14.8 Å². The van der Waals surface area contributed by atoms with Crippen molar-refractivity contribution in [3.8, 4) is 0 Å². The normalized spacial score (nSPS) is 22.9. The van der Waals surface area contributed by atoms with Gasteiger partial charge in [-0.05, 0) is 31.2 Å². The number of fused-ring (bicyclic) bond motifs is 1. The molecule has 1 aromatic carbocycles. The van der Waals surface area contributed by atoms with Gasteiger partial charge in [0.15, 0.2) is 5.69 Å². The molecule has 25 heavy (non-hydrogen) atoms. The molecule has 4 rings (SSSR count). The van der Waals surface area contributed by atoms with Gasteiger partial charge in [0.2, 0.25) is 0 Å². The van der Waals surface area contributed by atoms with Gasteiger partial charge in [-0.2, -0.15) is 5.10 Å². The van der Waals surface area contributed by atoms with E-state index in [4.69, 9.17) is 0 Å². The summed E-state index contributed by atoms with van der Waals surface area (Å²) in [5.41, 5.74) is 3.94. The Morgan fingerprint density at radius 2 is 2.16 bits per heavy atom. The van der Waals surface area contributed by atoms with Gasteiger partial charge in [0.1, 0.15) is 0 Å². The van der Waals surface area contributed by atoms with E-state index in [2.05, 4.69) is 32.5 Å². The van der Waals surface area contributed by atoms with Crippen LogP contribution in [0.15, 0.2) is 30.3 Å². The number of aliphatic hydroxyl groups is 1. The van der Waals surface area contributed by atoms with Crippen LogP contribution in [0.4, 0.5) is 0 Å². The number of β-amino-alcohol motifs (C(OH)–C–C–N with tert-alkyl or cyclic N) is 1. The summed E-state index contributed by atoms with van der Waals surface area (Å²) in [7, 11) is 0. The van der Waals surface area contributed by atoms with Crippen molar-refractivity contribution in [3.05, 3.63) is 52.8 Å². The number of H-pyrrole nitrogens is 1. The Kier molecular flexibility index (Phi) is 4.55. The standard InChI is InChI=1S/C19H24N4O2/c24-15-9-14(23(12-15)11-13-5-2-1-3-6-13)10-20-19(25)18-16-7-4-8-17(16)21-22-18/h1-3,5-6,14-15,24H,4,7-12H2,(H,20,25)(H,21,22). The number of likely N-dealkylation sites (tertiary alicyclic amines) is 1. The molecule has 1 amide bonds. The number of rotatable bonds is 5. The van der Waals surface area contributed by atoms with Gasteiger partial charge in [0, 0.05) is 36.9 Å². The topological polar surface area (TPSA) is 81.2 Å². The number of aromatic amines is 1. The molecule has 2 heterocycles. The van der Waals surface area contributed by atoms with E-state index in [1.807, 2.05) is 18.2 Å². The van der Waals surface area contributed by atoms with Crippen LogP contribution in [0, 0.1) is 0 Å². The molecule has 1 aromatic heterocycles. The quantitative estimate of drug-likeness (QED) is 0.765. The molecular weight excluding hydrogens is 316 g/mol. The van der Waals surface area contributed by atoms with Gasteiger partial charge < -0.3 is 10.4 Å². The van der Waals surface area contributed by atoms with Crippen molar-refractivity contribution in [3.63, 3.8) is 0 Å². The molecule has 132 valence electrons. The number of nitrogens with zero attached hydrogens (tertiary/aromatic N) is 2. The van der Waals surface area contributed by atoms with Crippen LogP contribution in [0.3, 0.4) is 0 Å². The molecule has 2 atom stereocenters. The number of amides is 1. The lowest BCUT2D eigenvalue weighted by atomic mass is 10.1. The first-order valence-electron chi connectivity index (χ1n) is 9.01. The van der Waals surface area contributed by atoms with Crippen LogP contribution in [0.5, 0.6) is 0 Å². The SMILES string of the molecule is O=C(NCC1CC(O)CN1Cc1ccccc1)c1n[nH]c2c1CCC2. The lowest BCUT2D eigenvalue weighted by molar-refractivity contribution is 0.0934. The molecule has 1 fully saturated rings. The highest BCUT2D eigenvalue weighted by Gasteiger charge is 2.31. The second-order valence-electron chi connectivity index (χ2n) is 7.05. The molecule has 0 bridgehead atoms. The van der Waals surface area contributed by atoms with Gasteiger partial charge >= 0.3 is 0 Å². The minimum atomic E-state index is -0.333. The van der Waals surface area contributed by atoms with Crippen LogP contribution in [-0.4, -0.2) is 51.3 Å². The monoisotopic (exact) mass is 340 g/mol. The highest BCUT2D eigenvalue weighted by atomic mass is 16.3. The van der Waals surface area contributed by atoms with Crippen molar-refractivity contribution in [2.75, 3.05) is 13.1 Å². The molecule has 2 unspecified atom stereocenters. The van der Waals surface area contributed by atoms with E-state index in [1.165, 1.54) is 5.56 Å². The van der Waals surface area contributed by atoms with Crippen molar-refractivity contribution in [2.45, 2.75) is 44.4 Å². The molecular formula is C19H24N4O2. The predicted molar refractivity (Wildman–Crippen MR) is 94.2 cm³/mol. The third kappa shape index (κ3) is 3.45. The number of carbonyl (C=O) groups excluding carboxylic acids is 1. The van der Waals surface area contributed by atoms with E-state index in [0.717, 1.165) is 37.1 Å². The first-order valence-corrected chi connectivity index (χ1v) is 9.01. The van der Waals surface area contributed by atoms with Crippen LogP contribution in [-0.2, 0) is 19.4 Å². The summed E-state index contributed by atoms with van der Waals surface area (Å²) in [4.78, 5) is 14.7. The number of aryl methyl sites for hydroxylation is 1. The van der Waals surface area contributed by atoms with Crippen molar-refractivity contribution in [1.29, 1.82) is 0 Å². The molecule has 6 nitrogen and oxygen atoms in total. The van der Waals surface area contributed by atoms with Crippen molar-refractivity contribution in [1.82, 2.24) is 20.4 Å². The first-order chi connectivity index (χ1) is 12.2. The van der Waals surface area contributed by atoms with Crippen LogP contribution in [0.25, 0.3) is 0 Å². The Morgan fingerprint density at radius 3 is 3.00 bits per heavy atom. The van der Waals surface area contributed by atoms with Crippen molar-refractivity contribution >= 4 is 5.91 Å². The highest BCUT2D eigenvalue weighted by Crippen LogP contribution is 2.23. The summed E-state index contributed by atoms with van der Waals surface area (Å²) >= 11 is 0. The van der Waals surface area contributed by atoms with E-state index in [1.54, 1.807) is 0 Å². The first kappa shape index (κ1) is 16.3. The van der Waals surface area contributed by atoms with Crippen LogP contribution >= 0.6 is 0 Å². The maximum absolute atomic E-state index is 12.5. The Hall–Kier alpha value is -2.18. The van der Waals surface area contributed by atoms with Gasteiger partial charge in [0.25, 0.3) is 5.91 Å². The fourth-order valence-corrected chi connectivity index (χ4v) is 3.98. The third-order valence-electron chi connectivity index (χ3n) is 5.25. The molecule has 2 aromatic rings. The highest BCUT2D eigenvalue weighted by molar-refractivity contribution is 5.94. The van der Waals surface area contributed by atoms with E-state index in [-0.39, 0.29) is 18.1 Å². The van der Waals surface area contributed by atoms with Crippen molar-refractivity contribution in [2.24, 2.45) is 0 Å². The molecule has 2 aliphatic rings. The largest absolute Gasteiger partial charge is 0.392 e. The zero-order chi connectivity index (χ0) is 17.2. The predicted octanol–water partition coefficient (Wildman–Crippen LogP) is 1.26. The molecule has 0 spiro atoms. The van der Waals surface area contributed by atoms with E-state index >= 15 is 0 Å². The molecule has 1 aliphatic heterocycles. The van der Waals surface area contributed by atoms with Crippen LogP contribution < -0.4 is 5.32 Å². The number of aromatic nitrogens is 2. The van der Waals surface area contributed by atoms with Gasteiger partial charge in [0.05, 0.1) is 6.10 Å². The number of aliphatic hydroxyl groups excluding tert-OH is 1. The summed E-state index contributed by atoms with van der Waals surface area (Å²) in [5.74, 6) is -0.111. The molecule has 3 N–H and O–H groups in total. The summed E-state index contributed by atoms with van der Waals surface area (Å²) < 4.78 is 0. The molecule has 1 saturated heterocycles. The average Bonchev–Trinajstić information content (AvgIpc) is 3.29. The number of nitrogens with one attached hydrogen (secondary N) is 2. The number of benzene rings is 1. The fourth-order valence-electron chi connectivity index (χ4n) is 3.98. The fraction of sp³-hybridized carbons (Fsp3) is 0.474. The smallest absolute Gasteiger partial charge is 0.272 e. The minimum absolute atomic E-state index is 0.111. The van der Waals surface area contributed by atoms with Gasteiger partial charge in [-0.15, -0.1) is 0 Å². The maximum Gasteiger partial charge on any atom is 0.272 e. The number of hydrogen-bond acceptors (Lipinski definition) is 4. The maximum atomic E-state index is 12.5. The Labute approximate surface area is 147 Å². The Morgan fingerprint density at radius 1 is 1.32 bits per heavy atom. The van der Waals surface area contributed by atoms with Crippen molar-refractivity contribution < 1.29 is 9.90 Å². The number of hydrogen-bond donors (Lipinski definition) is 3. The summed E-state index contributed by atoms with van der Waals surface area (Å²) in [6.07, 6.45) is 3.35. The molecule has 0 saturated carbocycles. The van der Waals surface area contributed by atoms with Crippen LogP contribution in [0.1, 0.15) is 40.2 Å².